The van der Waals surface area contributed by atoms with Crippen LogP contribution in [0, 0.1) is 0 Å². The molecule has 2 heteroatoms. The molecule has 1 nitrogen and oxygen atoms in total. The summed E-state index contributed by atoms with van der Waals surface area (Å²) in [6.07, 6.45) is 12.7. The minimum Gasteiger partial charge on any atom is -0.416 e. The van der Waals surface area contributed by atoms with Crippen LogP contribution in [0.3, 0.4) is 0 Å². The van der Waals surface area contributed by atoms with Crippen molar-refractivity contribution >= 4 is 9.04 Å². The molecule has 0 rings (SSSR count). The maximum atomic E-state index is 6.12. The summed E-state index contributed by atoms with van der Waals surface area (Å²) in [6.45, 7) is 14.0. The minimum atomic E-state index is -0.595. The van der Waals surface area contributed by atoms with Crippen LogP contribution in [0.1, 0.15) is 79.1 Å². The Morgan fingerprint density at radius 1 is 0.842 bits per heavy atom. The first-order valence-corrected chi connectivity index (χ1v) is 9.76. The van der Waals surface area contributed by atoms with Crippen LogP contribution in [0.15, 0.2) is 12.7 Å². The van der Waals surface area contributed by atoms with E-state index < -0.39 is 9.04 Å². The fraction of sp³-hybridized carbons (Fsp3) is 0.882. The highest BCUT2D eigenvalue weighted by Gasteiger charge is 2.21. The first-order valence-electron chi connectivity index (χ1n) is 8.20. The van der Waals surface area contributed by atoms with Crippen LogP contribution in [0.5, 0.6) is 0 Å². The van der Waals surface area contributed by atoms with Gasteiger partial charge in [0, 0.05) is 6.61 Å². The van der Waals surface area contributed by atoms with E-state index in [4.69, 9.17) is 4.43 Å². The Balaban J connectivity index is 3.32. The Kier molecular flexibility index (Phi) is 12.9. The summed E-state index contributed by atoms with van der Waals surface area (Å²) in [4.78, 5) is 0. The molecule has 0 aromatic heterocycles. The fourth-order valence-corrected chi connectivity index (χ4v) is 4.84. The molecule has 0 saturated heterocycles. The SMILES string of the molecule is C=CCCCCCCCCCO[Si](C(C)C)C(C)C. The third-order valence-corrected chi connectivity index (χ3v) is 6.27. The Labute approximate surface area is 123 Å². The van der Waals surface area contributed by atoms with Crippen molar-refractivity contribution in [2.75, 3.05) is 6.61 Å². The molecule has 0 aromatic rings. The minimum absolute atomic E-state index is 0.595. The van der Waals surface area contributed by atoms with Gasteiger partial charge in [-0.2, -0.15) is 0 Å². The van der Waals surface area contributed by atoms with Gasteiger partial charge in [-0.3, -0.25) is 0 Å². The van der Waals surface area contributed by atoms with Crippen molar-refractivity contribution in [1.29, 1.82) is 0 Å². The third kappa shape index (κ3) is 11.4. The maximum absolute atomic E-state index is 6.12. The van der Waals surface area contributed by atoms with Gasteiger partial charge in [0.1, 0.15) is 0 Å². The molecule has 0 atom stereocenters. The lowest BCUT2D eigenvalue weighted by Crippen LogP contribution is -2.26. The van der Waals surface area contributed by atoms with Crippen molar-refractivity contribution in [2.24, 2.45) is 0 Å². The molecule has 0 aromatic carbocycles. The first kappa shape index (κ1) is 18.9. The van der Waals surface area contributed by atoms with E-state index in [9.17, 15) is 0 Å². The second-order valence-electron chi connectivity index (χ2n) is 6.11. The molecule has 0 heterocycles. The van der Waals surface area contributed by atoms with Gasteiger partial charge in [0.2, 0.25) is 9.04 Å². The molecule has 1 radical (unpaired) electrons. The summed E-state index contributed by atoms with van der Waals surface area (Å²) in [5.74, 6) is 0. The number of hydrogen-bond acceptors (Lipinski definition) is 1. The van der Waals surface area contributed by atoms with E-state index in [1.54, 1.807) is 0 Å². The van der Waals surface area contributed by atoms with Crippen LogP contribution >= 0.6 is 0 Å². The molecule has 0 amide bonds. The number of rotatable bonds is 13. The molecule has 0 bridgehead atoms. The predicted octanol–water partition coefficient (Wildman–Crippen LogP) is 6.12. The molecule has 0 aliphatic rings. The Bertz CT molecular complexity index is 193. The average molecular weight is 284 g/mol. The molecule has 0 spiro atoms. The maximum Gasteiger partial charge on any atom is 0.216 e. The second kappa shape index (κ2) is 12.9. The van der Waals surface area contributed by atoms with E-state index in [0.29, 0.717) is 0 Å². The largest absolute Gasteiger partial charge is 0.416 e. The molecule has 19 heavy (non-hydrogen) atoms. The van der Waals surface area contributed by atoms with E-state index >= 15 is 0 Å². The predicted molar refractivity (Wildman–Crippen MR) is 89.0 cm³/mol. The van der Waals surface area contributed by atoms with E-state index in [2.05, 4.69) is 34.3 Å². The smallest absolute Gasteiger partial charge is 0.216 e. The van der Waals surface area contributed by atoms with Crippen molar-refractivity contribution in [1.82, 2.24) is 0 Å². The van der Waals surface area contributed by atoms with Crippen LogP contribution in [0.4, 0.5) is 0 Å². The molecule has 0 N–H and O–H groups in total. The van der Waals surface area contributed by atoms with Crippen LogP contribution in [-0.4, -0.2) is 15.6 Å². The van der Waals surface area contributed by atoms with Gasteiger partial charge in [0.15, 0.2) is 0 Å². The van der Waals surface area contributed by atoms with Gasteiger partial charge in [-0.1, -0.05) is 65.9 Å². The van der Waals surface area contributed by atoms with E-state index in [0.717, 1.165) is 17.7 Å². The first-order chi connectivity index (χ1) is 9.09. The van der Waals surface area contributed by atoms with Crippen LogP contribution in [0.25, 0.3) is 0 Å². The normalized spacial score (nSPS) is 11.7. The van der Waals surface area contributed by atoms with E-state index in [1.165, 1.54) is 51.4 Å². The van der Waals surface area contributed by atoms with E-state index in [1.807, 2.05) is 6.08 Å². The summed E-state index contributed by atoms with van der Waals surface area (Å²) in [6, 6.07) is 0. The van der Waals surface area contributed by atoms with Gasteiger partial charge < -0.3 is 4.43 Å². The van der Waals surface area contributed by atoms with Crippen molar-refractivity contribution in [3.05, 3.63) is 12.7 Å². The fourth-order valence-electron chi connectivity index (χ4n) is 2.46. The lowest BCUT2D eigenvalue weighted by molar-refractivity contribution is 0.295. The summed E-state index contributed by atoms with van der Waals surface area (Å²) >= 11 is 0. The van der Waals surface area contributed by atoms with Gasteiger partial charge in [-0.25, -0.2) is 0 Å². The van der Waals surface area contributed by atoms with Gasteiger partial charge in [-0.05, 0) is 30.3 Å². The molecule has 0 fully saturated rings. The lowest BCUT2D eigenvalue weighted by atomic mass is 10.1. The molecule has 0 aliphatic heterocycles. The van der Waals surface area contributed by atoms with Crippen molar-refractivity contribution in [2.45, 2.75) is 90.1 Å². The summed E-state index contributed by atoms with van der Waals surface area (Å²) < 4.78 is 6.12. The van der Waals surface area contributed by atoms with Crippen molar-refractivity contribution in [3.8, 4) is 0 Å². The number of hydrogen-bond donors (Lipinski definition) is 0. The lowest BCUT2D eigenvalue weighted by Gasteiger charge is -2.22. The highest BCUT2D eigenvalue weighted by atomic mass is 28.3. The van der Waals surface area contributed by atoms with Crippen LogP contribution in [0.2, 0.25) is 11.1 Å². The van der Waals surface area contributed by atoms with Gasteiger partial charge >= 0.3 is 0 Å². The Morgan fingerprint density at radius 3 is 1.79 bits per heavy atom. The van der Waals surface area contributed by atoms with E-state index in [-0.39, 0.29) is 0 Å². The van der Waals surface area contributed by atoms with Gasteiger partial charge in [0.05, 0.1) is 0 Å². The highest BCUT2D eigenvalue weighted by Crippen LogP contribution is 2.21. The number of unbranched alkanes of at least 4 members (excludes halogenated alkanes) is 7. The van der Waals surface area contributed by atoms with Crippen molar-refractivity contribution < 1.29 is 4.43 Å². The molecular formula is C17H35OSi. The quantitative estimate of drug-likeness (QED) is 0.225. The topological polar surface area (TPSA) is 9.23 Å². The zero-order valence-corrected chi connectivity index (χ0v) is 14.7. The Morgan fingerprint density at radius 2 is 1.32 bits per heavy atom. The molecule has 0 saturated carbocycles. The molecular weight excluding hydrogens is 248 g/mol. The standard InChI is InChI=1S/C17H35OSi/c1-6-7-8-9-10-11-12-13-14-15-18-19(16(2)3)17(4)5/h6,16-17H,1,7-15H2,2-5H3. The van der Waals surface area contributed by atoms with Gasteiger partial charge in [-0.15, -0.1) is 6.58 Å². The van der Waals surface area contributed by atoms with Crippen LogP contribution in [-0.2, 0) is 4.43 Å². The summed E-state index contributed by atoms with van der Waals surface area (Å²) in [7, 11) is -0.595. The highest BCUT2D eigenvalue weighted by molar-refractivity contribution is 6.54. The third-order valence-electron chi connectivity index (χ3n) is 3.46. The zero-order chi connectivity index (χ0) is 14.5. The summed E-state index contributed by atoms with van der Waals surface area (Å²) in [5.41, 5.74) is 1.46. The second-order valence-corrected chi connectivity index (χ2v) is 9.52. The van der Waals surface area contributed by atoms with Crippen LogP contribution < -0.4 is 0 Å². The Hall–Kier alpha value is -0.0831. The molecule has 113 valence electrons. The average Bonchev–Trinajstić information content (AvgIpc) is 2.35. The molecule has 0 unspecified atom stereocenters. The monoisotopic (exact) mass is 283 g/mol. The summed E-state index contributed by atoms with van der Waals surface area (Å²) in [5, 5.41) is 0. The zero-order valence-electron chi connectivity index (χ0n) is 13.7. The number of allylic oxidation sites excluding steroid dienone is 1. The van der Waals surface area contributed by atoms with Gasteiger partial charge in [0.25, 0.3) is 0 Å². The van der Waals surface area contributed by atoms with Crippen molar-refractivity contribution in [3.63, 3.8) is 0 Å². The molecule has 0 aliphatic carbocycles.